The van der Waals surface area contributed by atoms with Crippen molar-refractivity contribution >= 4 is 13.9 Å². The van der Waals surface area contributed by atoms with E-state index in [1.165, 1.54) is 73.2 Å². The summed E-state index contributed by atoms with van der Waals surface area (Å²) < 4.78 is 7.48. The molecule has 2 aromatic carbocycles. The molecular weight excluding hydrogens is 392 g/mol. The highest BCUT2D eigenvalue weighted by molar-refractivity contribution is 6.71. The second kappa shape index (κ2) is 7.18. The van der Waals surface area contributed by atoms with Crippen LogP contribution in [-0.4, -0.2) is 13.9 Å². The highest BCUT2D eigenvalue weighted by Gasteiger charge is 2.57. The summed E-state index contributed by atoms with van der Waals surface area (Å²) in [5, 5.41) is 0. The molecule has 0 aliphatic heterocycles. The second-order valence-electron chi connectivity index (χ2n) is 11.4. The van der Waals surface area contributed by atoms with Gasteiger partial charge in [-0.05, 0) is 102 Å². The van der Waals surface area contributed by atoms with Crippen molar-refractivity contribution in [3.63, 3.8) is 0 Å². The summed E-state index contributed by atoms with van der Waals surface area (Å²) in [6, 6.07) is 19.5. The molecule has 0 heterocycles. The van der Waals surface area contributed by atoms with Crippen LogP contribution in [0.1, 0.15) is 63.0 Å². The molecule has 0 saturated heterocycles. The van der Waals surface area contributed by atoms with Crippen LogP contribution in [0.4, 0.5) is 0 Å². The minimum Gasteiger partial charge on any atom is -0.408 e. The van der Waals surface area contributed by atoms with E-state index in [0.717, 1.165) is 17.8 Å². The molecule has 7 rings (SSSR count). The Kier molecular flexibility index (Phi) is 4.63. The van der Waals surface area contributed by atoms with Crippen LogP contribution in [0, 0.1) is 17.8 Å². The zero-order chi connectivity index (χ0) is 21.2. The van der Waals surface area contributed by atoms with Crippen LogP contribution in [0.3, 0.4) is 0 Å². The van der Waals surface area contributed by atoms with Crippen LogP contribution in [0.2, 0.25) is 19.1 Å². The lowest BCUT2D eigenvalue weighted by Gasteiger charge is -2.60. The van der Waals surface area contributed by atoms with Crippen LogP contribution in [0.5, 0.6) is 0 Å². The highest BCUT2D eigenvalue weighted by atomic mass is 28.4. The topological polar surface area (TPSA) is 9.23 Å². The first-order chi connectivity index (χ1) is 15.0. The summed E-state index contributed by atoms with van der Waals surface area (Å²) in [4.78, 5) is 0. The Bertz CT molecular complexity index is 987. The molecule has 0 spiro atoms. The van der Waals surface area contributed by atoms with Gasteiger partial charge in [0.25, 0.3) is 0 Å². The Morgan fingerprint density at radius 1 is 0.839 bits per heavy atom. The molecule has 5 aliphatic carbocycles. The summed E-state index contributed by atoms with van der Waals surface area (Å²) in [6.07, 6.45) is 9.35. The average molecular weight is 429 g/mol. The molecule has 4 bridgehead atoms. The molecule has 2 atom stereocenters. The number of hydrogen-bond acceptors (Lipinski definition) is 1. The number of fused-ring (bicyclic) bond motifs is 3. The Morgan fingerprint density at radius 2 is 1.39 bits per heavy atom. The van der Waals surface area contributed by atoms with E-state index >= 15 is 0 Å². The van der Waals surface area contributed by atoms with E-state index in [1.807, 2.05) is 0 Å². The monoisotopic (exact) mass is 428 g/mol. The van der Waals surface area contributed by atoms with Crippen molar-refractivity contribution in [1.82, 2.24) is 0 Å². The average Bonchev–Trinajstić information content (AvgIpc) is 3.06. The van der Waals surface area contributed by atoms with Gasteiger partial charge >= 0.3 is 0 Å². The van der Waals surface area contributed by atoms with Crippen molar-refractivity contribution in [1.29, 1.82) is 0 Å². The van der Waals surface area contributed by atoms with Gasteiger partial charge in [-0.2, -0.15) is 0 Å². The molecule has 162 valence electrons. The van der Waals surface area contributed by atoms with Crippen LogP contribution in [-0.2, 0) is 4.43 Å². The number of unbranched alkanes of at least 4 members (excludes halogenated alkanes) is 1. The molecule has 4 saturated carbocycles. The standard InChI is InChI=1S/C29H36OSi/c1-4-5-14-31(2,3)30-29-18-20-15-21(19-29)17-22(16-20)28(29)27-25-12-8-6-10-23(25)24-11-7-9-13-26(24)27/h6-13,20-22H,4-5,14-19H2,1-3H3. The molecule has 0 N–H and O–H groups in total. The van der Waals surface area contributed by atoms with Crippen LogP contribution < -0.4 is 0 Å². The quantitative estimate of drug-likeness (QED) is 0.373. The maximum absolute atomic E-state index is 7.48. The SMILES string of the molecule is CCCC[Si](C)(C)OC12CC3CC(CC(C3)C1=C1c3ccccc3-c3ccccc31)C2. The Morgan fingerprint density at radius 3 is 1.94 bits per heavy atom. The third-order valence-corrected chi connectivity index (χ3v) is 11.1. The van der Waals surface area contributed by atoms with E-state index < -0.39 is 8.32 Å². The van der Waals surface area contributed by atoms with E-state index in [0.29, 0.717) is 0 Å². The van der Waals surface area contributed by atoms with Gasteiger partial charge in [0.05, 0.1) is 5.60 Å². The molecule has 2 aromatic rings. The number of benzene rings is 2. The molecule has 0 amide bonds. The lowest BCUT2D eigenvalue weighted by Crippen LogP contribution is -2.58. The molecule has 2 heteroatoms. The normalized spacial score (nSPS) is 30.6. The van der Waals surface area contributed by atoms with Crippen molar-refractivity contribution in [3.05, 3.63) is 65.2 Å². The van der Waals surface area contributed by atoms with Crippen LogP contribution >= 0.6 is 0 Å². The molecule has 31 heavy (non-hydrogen) atoms. The van der Waals surface area contributed by atoms with Crippen LogP contribution in [0.15, 0.2) is 54.1 Å². The van der Waals surface area contributed by atoms with Gasteiger partial charge in [0, 0.05) is 0 Å². The molecule has 1 nitrogen and oxygen atoms in total. The van der Waals surface area contributed by atoms with Crippen molar-refractivity contribution in [3.8, 4) is 11.1 Å². The molecular formula is C29H36OSi. The third kappa shape index (κ3) is 3.13. The Labute approximate surface area is 189 Å². The predicted molar refractivity (Wildman–Crippen MR) is 132 cm³/mol. The Balaban J connectivity index is 1.55. The zero-order valence-electron chi connectivity index (χ0n) is 19.4. The van der Waals surface area contributed by atoms with Crippen molar-refractivity contribution in [2.45, 2.75) is 76.6 Å². The van der Waals surface area contributed by atoms with Gasteiger partial charge in [-0.25, -0.2) is 0 Å². The lowest BCUT2D eigenvalue weighted by molar-refractivity contribution is -0.0641. The molecule has 4 fully saturated rings. The summed E-state index contributed by atoms with van der Waals surface area (Å²) in [5.74, 6) is 2.48. The first-order valence-electron chi connectivity index (χ1n) is 12.6. The summed E-state index contributed by atoms with van der Waals surface area (Å²) >= 11 is 0. The Hall–Kier alpha value is -1.64. The number of rotatable bonds is 5. The van der Waals surface area contributed by atoms with Gasteiger partial charge in [-0.1, -0.05) is 68.3 Å². The van der Waals surface area contributed by atoms with Gasteiger partial charge in [0.1, 0.15) is 0 Å². The first-order valence-corrected chi connectivity index (χ1v) is 15.8. The molecule has 0 radical (unpaired) electrons. The maximum atomic E-state index is 7.48. The van der Waals surface area contributed by atoms with E-state index in [1.54, 1.807) is 11.1 Å². The fourth-order valence-corrected chi connectivity index (χ4v) is 10.4. The van der Waals surface area contributed by atoms with E-state index in [2.05, 4.69) is 68.5 Å². The highest BCUT2D eigenvalue weighted by Crippen LogP contribution is 2.64. The largest absolute Gasteiger partial charge is 0.408 e. The fourth-order valence-electron chi connectivity index (χ4n) is 7.80. The van der Waals surface area contributed by atoms with Gasteiger partial charge in [-0.15, -0.1) is 0 Å². The van der Waals surface area contributed by atoms with Crippen molar-refractivity contribution in [2.24, 2.45) is 17.8 Å². The van der Waals surface area contributed by atoms with E-state index in [4.69, 9.17) is 4.43 Å². The molecule has 0 aromatic heterocycles. The minimum absolute atomic E-state index is 0.00188. The zero-order valence-corrected chi connectivity index (χ0v) is 20.4. The predicted octanol–water partition coefficient (Wildman–Crippen LogP) is 8.07. The van der Waals surface area contributed by atoms with Gasteiger partial charge in [-0.3, -0.25) is 0 Å². The van der Waals surface area contributed by atoms with Crippen molar-refractivity contribution in [2.75, 3.05) is 0 Å². The summed E-state index contributed by atoms with van der Waals surface area (Å²) in [6.45, 7) is 7.29. The third-order valence-electron chi connectivity index (χ3n) is 8.59. The summed E-state index contributed by atoms with van der Waals surface area (Å²) in [5.41, 5.74) is 9.02. The number of hydrogen-bond donors (Lipinski definition) is 0. The minimum atomic E-state index is -1.72. The summed E-state index contributed by atoms with van der Waals surface area (Å²) in [7, 11) is -1.72. The second-order valence-corrected chi connectivity index (χ2v) is 15.6. The van der Waals surface area contributed by atoms with E-state index in [9.17, 15) is 0 Å². The van der Waals surface area contributed by atoms with Gasteiger partial charge < -0.3 is 4.43 Å². The smallest absolute Gasteiger partial charge is 0.187 e. The maximum Gasteiger partial charge on any atom is 0.187 e. The van der Waals surface area contributed by atoms with Gasteiger partial charge in [0.2, 0.25) is 0 Å². The first kappa shape index (κ1) is 20.0. The molecule has 2 unspecified atom stereocenters. The van der Waals surface area contributed by atoms with Crippen molar-refractivity contribution < 1.29 is 4.43 Å². The molecule has 5 aliphatic rings. The lowest BCUT2D eigenvalue weighted by atomic mass is 9.51. The fraction of sp³-hybridized carbons (Fsp3) is 0.517. The van der Waals surface area contributed by atoms with Crippen LogP contribution in [0.25, 0.3) is 16.7 Å². The van der Waals surface area contributed by atoms with Gasteiger partial charge in [0.15, 0.2) is 8.32 Å². The van der Waals surface area contributed by atoms with E-state index in [-0.39, 0.29) is 5.60 Å².